The lowest BCUT2D eigenvalue weighted by Gasteiger charge is -2.25. The highest BCUT2D eigenvalue weighted by molar-refractivity contribution is 8.00. The van der Waals surface area contributed by atoms with Gasteiger partial charge in [-0.25, -0.2) is 0 Å². The lowest BCUT2D eigenvalue weighted by atomic mass is 9.91. The molecule has 0 saturated heterocycles. The summed E-state index contributed by atoms with van der Waals surface area (Å²) in [6.45, 7) is 4.01. The largest absolute Gasteiger partial charge is 0.492 e. The van der Waals surface area contributed by atoms with Gasteiger partial charge < -0.3 is 24.0 Å². The monoisotopic (exact) mass is 1040 g/mol. The number of esters is 1. The molecule has 0 unspecified atom stereocenters. The van der Waals surface area contributed by atoms with Gasteiger partial charge >= 0.3 is 12.1 Å². The Morgan fingerprint density at radius 2 is 0.824 bits per heavy atom. The number of halogens is 7. The fourth-order valence-corrected chi connectivity index (χ4v) is 8.75. The third-order valence-corrected chi connectivity index (χ3v) is 13.5. The van der Waals surface area contributed by atoms with Crippen LogP contribution in [0.4, 0.5) is 13.2 Å². The van der Waals surface area contributed by atoms with Gasteiger partial charge in [0.05, 0.1) is 18.6 Å². The first-order valence-corrected chi connectivity index (χ1v) is 24.8. The van der Waals surface area contributed by atoms with Gasteiger partial charge in [0, 0.05) is 67.9 Å². The Labute approximate surface area is 425 Å². The summed E-state index contributed by atoms with van der Waals surface area (Å²) in [5, 5.41) is 2.82. The first kappa shape index (κ1) is 54.6. The van der Waals surface area contributed by atoms with Gasteiger partial charge in [0.1, 0.15) is 24.7 Å². The number of carbonyl (C=O) groups is 2. The van der Waals surface area contributed by atoms with Gasteiger partial charge in [-0.2, -0.15) is 13.2 Å². The van der Waals surface area contributed by atoms with Crippen molar-refractivity contribution in [1.82, 2.24) is 9.80 Å². The predicted molar refractivity (Wildman–Crippen MR) is 273 cm³/mol. The van der Waals surface area contributed by atoms with Crippen LogP contribution in [0.3, 0.4) is 0 Å². The molecule has 0 aromatic heterocycles. The van der Waals surface area contributed by atoms with Crippen molar-refractivity contribution in [1.29, 1.82) is 0 Å². The second kappa shape index (κ2) is 27.7. The number of ether oxygens (including phenoxy) is 3. The number of hydrogen-bond acceptors (Lipinski definition) is 9. The summed E-state index contributed by atoms with van der Waals surface area (Å²) < 4.78 is 53.4. The Hall–Kier alpha value is -4.37. The second-order valence-corrected chi connectivity index (χ2v) is 19.4. The molecule has 0 aliphatic heterocycles. The molecule has 0 aliphatic carbocycles. The number of thioether (sulfide) groups is 2. The van der Waals surface area contributed by atoms with Crippen LogP contribution in [0.25, 0.3) is 0 Å². The van der Waals surface area contributed by atoms with Crippen LogP contribution < -0.4 is 9.47 Å². The molecule has 0 atom stereocenters. The molecule has 6 aromatic rings. The maximum Gasteiger partial charge on any atom is 0.450 e. The molecule has 6 rings (SSSR count). The van der Waals surface area contributed by atoms with Crippen LogP contribution in [0.2, 0.25) is 20.1 Å². The molecule has 0 amide bonds. The Morgan fingerprint density at radius 3 is 1.12 bits per heavy atom. The van der Waals surface area contributed by atoms with E-state index < -0.39 is 17.7 Å². The van der Waals surface area contributed by atoms with Crippen molar-refractivity contribution in [3.8, 4) is 11.5 Å². The smallest absolute Gasteiger partial charge is 0.450 e. The van der Waals surface area contributed by atoms with E-state index in [1.54, 1.807) is 24.3 Å². The molecule has 6 aromatic carbocycles. The van der Waals surface area contributed by atoms with Gasteiger partial charge in [0.25, 0.3) is 0 Å². The highest BCUT2D eigenvalue weighted by Crippen LogP contribution is 2.31. The number of benzene rings is 6. The van der Waals surface area contributed by atoms with Crippen LogP contribution in [0.15, 0.2) is 155 Å². The molecule has 68 heavy (non-hydrogen) atoms. The number of likely N-dealkylation sites (N-methyl/N-ethyl adjacent to an activating group) is 2. The van der Waals surface area contributed by atoms with Gasteiger partial charge in [-0.1, -0.05) is 94.9 Å². The minimum absolute atomic E-state index is 0.116. The number of alkyl halides is 3. The number of rotatable bonds is 22. The first-order chi connectivity index (χ1) is 32.6. The van der Waals surface area contributed by atoms with Crippen molar-refractivity contribution in [3.63, 3.8) is 0 Å². The summed E-state index contributed by atoms with van der Waals surface area (Å²) in [6.07, 6.45) is -4.80. The summed E-state index contributed by atoms with van der Waals surface area (Å²) >= 11 is 26.6. The van der Waals surface area contributed by atoms with E-state index in [-0.39, 0.29) is 17.8 Å². The van der Waals surface area contributed by atoms with Gasteiger partial charge in [0.15, 0.2) is 0 Å². The minimum Gasteiger partial charge on any atom is -0.492 e. The van der Waals surface area contributed by atoms with Crippen LogP contribution in [-0.2, 0) is 14.3 Å². The van der Waals surface area contributed by atoms with Crippen molar-refractivity contribution >= 4 is 81.7 Å². The van der Waals surface area contributed by atoms with E-state index in [1.165, 1.54) is 30.0 Å². The summed E-state index contributed by atoms with van der Waals surface area (Å²) in [5.74, 6) is -0.614. The third kappa shape index (κ3) is 18.8. The van der Waals surface area contributed by atoms with Gasteiger partial charge in [0.2, 0.25) is 5.78 Å². The molecule has 0 aliphatic rings. The summed E-state index contributed by atoms with van der Waals surface area (Å²) in [5.41, 5.74) is 4.69. The first-order valence-electron chi connectivity index (χ1n) is 21.3. The fraction of sp³-hybridized carbons (Fsp3) is 0.269. The van der Waals surface area contributed by atoms with Crippen LogP contribution in [0, 0.1) is 0 Å². The Bertz CT molecular complexity index is 2360. The Balaban J connectivity index is 0.000000255. The molecule has 16 heteroatoms. The molecule has 0 N–H and O–H groups in total. The molecule has 360 valence electrons. The standard InChI is InChI=1S/C26H24Cl2F3NO2S.C26H27Cl2NO3S/c1-32(14-15-34-22-10-12-23(13-11-22)35-17-25(33)26(29,30)31)16-24(18-2-6-20(27)7-3-18)19-4-8-21(28)9-5-19;1-29(15-16-32-23-11-13-24(14-12-23)33-18-26(30)31-2)17-25(19-3-7-21(27)8-4-19)20-5-9-22(28)10-6-20/h2-13,24H,14-17H2,1H3;3-14,25H,15-18H2,1-2H3. The SMILES string of the molecule is CN(CCOc1ccc(SCC(=O)C(F)(F)F)cc1)CC(c1ccc(Cl)cc1)c1ccc(Cl)cc1.COC(=O)CSc1ccc(OCCN(C)CC(c2ccc(Cl)cc2)c2ccc(Cl)cc2)cc1. The second-order valence-electron chi connectivity index (χ2n) is 15.6. The molecular weight excluding hydrogens is 996 g/mol. The number of Topliss-reactive ketones (excluding diaryl/α,β-unsaturated/α-hetero) is 1. The number of carbonyl (C=O) groups excluding carboxylic acids is 2. The minimum atomic E-state index is -4.80. The molecule has 0 bridgehead atoms. The van der Waals surface area contributed by atoms with Crippen LogP contribution >= 0.6 is 69.9 Å². The van der Waals surface area contributed by atoms with Gasteiger partial charge in [-0.15, -0.1) is 23.5 Å². The van der Waals surface area contributed by atoms with Gasteiger partial charge in [-0.05, 0) is 133 Å². The zero-order valence-corrected chi connectivity index (χ0v) is 42.2. The number of hydrogen-bond donors (Lipinski definition) is 0. The van der Waals surface area contributed by atoms with E-state index in [0.29, 0.717) is 46.2 Å². The Morgan fingerprint density at radius 1 is 0.515 bits per heavy atom. The van der Waals surface area contributed by atoms with E-state index in [4.69, 9.17) is 55.9 Å². The van der Waals surface area contributed by atoms with Crippen molar-refractivity contribution < 1.29 is 37.0 Å². The topological polar surface area (TPSA) is 68.3 Å². The molecule has 7 nitrogen and oxygen atoms in total. The fourth-order valence-electron chi connectivity index (χ4n) is 6.73. The van der Waals surface area contributed by atoms with E-state index in [9.17, 15) is 22.8 Å². The normalized spacial score (nSPS) is 11.4. The molecule has 0 heterocycles. The summed E-state index contributed by atoms with van der Waals surface area (Å²) in [6, 6.07) is 46.0. The maximum absolute atomic E-state index is 12.3. The van der Waals surface area contributed by atoms with Crippen molar-refractivity contribution in [2.24, 2.45) is 0 Å². The number of methoxy groups -OCH3 is 1. The highest BCUT2D eigenvalue weighted by atomic mass is 35.5. The zero-order chi connectivity index (χ0) is 49.1. The Kier molecular flexibility index (Phi) is 22.2. The number of ketones is 1. The predicted octanol–water partition coefficient (Wildman–Crippen LogP) is 13.8. The lowest BCUT2D eigenvalue weighted by molar-refractivity contribution is -0.167. The van der Waals surface area contributed by atoms with Crippen LogP contribution in [0.1, 0.15) is 34.1 Å². The van der Waals surface area contributed by atoms with Crippen molar-refractivity contribution in [2.75, 3.05) is 72.1 Å². The molecular formula is C52H51Cl4F3N2O5S2. The third-order valence-electron chi connectivity index (χ3n) is 10.5. The number of nitrogens with zero attached hydrogens (tertiary/aromatic N) is 2. The summed E-state index contributed by atoms with van der Waals surface area (Å²) in [7, 11) is 5.50. The lowest BCUT2D eigenvalue weighted by Crippen LogP contribution is -2.29. The van der Waals surface area contributed by atoms with E-state index in [0.717, 1.165) is 63.2 Å². The average molecular weight is 1050 g/mol. The highest BCUT2D eigenvalue weighted by Gasteiger charge is 2.37. The van der Waals surface area contributed by atoms with Crippen LogP contribution in [-0.4, -0.2) is 99.8 Å². The average Bonchev–Trinajstić information content (AvgIpc) is 3.33. The molecule has 0 spiro atoms. The van der Waals surface area contributed by atoms with Crippen LogP contribution in [0.5, 0.6) is 11.5 Å². The maximum atomic E-state index is 12.3. The van der Waals surface area contributed by atoms with Crippen molar-refractivity contribution in [2.45, 2.75) is 27.8 Å². The van der Waals surface area contributed by atoms with E-state index in [1.807, 2.05) is 104 Å². The van der Waals surface area contributed by atoms with Gasteiger partial charge in [-0.3, -0.25) is 9.59 Å². The molecule has 0 radical (unpaired) electrons. The van der Waals surface area contributed by atoms with E-state index >= 15 is 0 Å². The van der Waals surface area contributed by atoms with Crippen molar-refractivity contribution in [3.05, 3.63) is 188 Å². The van der Waals surface area contributed by atoms with E-state index in [2.05, 4.69) is 45.8 Å². The zero-order valence-electron chi connectivity index (χ0n) is 37.6. The molecule has 0 fully saturated rings. The quantitative estimate of drug-likeness (QED) is 0.0488. The molecule has 0 saturated carbocycles. The summed E-state index contributed by atoms with van der Waals surface area (Å²) in [4.78, 5) is 28.3.